The Morgan fingerprint density at radius 1 is 1.18 bits per heavy atom. The van der Waals surface area contributed by atoms with Crippen LogP contribution in [-0.2, 0) is 4.74 Å². The van der Waals surface area contributed by atoms with Gasteiger partial charge >= 0.3 is 6.09 Å². The lowest BCUT2D eigenvalue weighted by atomic mass is 9.50. The smallest absolute Gasteiger partial charge is 0.407 e. The predicted octanol–water partition coefficient (Wildman–Crippen LogP) is 0.541. The number of carbonyl (C=O) groups is 1. The minimum atomic E-state index is -0.845. The fourth-order valence-electron chi connectivity index (χ4n) is 4.61. The molecule has 0 aromatic carbocycles. The van der Waals surface area contributed by atoms with Gasteiger partial charge in [0.25, 0.3) is 0 Å². The maximum atomic E-state index is 11.4. The summed E-state index contributed by atoms with van der Waals surface area (Å²) in [6, 6.07) is 0. The van der Waals surface area contributed by atoms with Gasteiger partial charge in [-0.25, -0.2) is 4.79 Å². The summed E-state index contributed by atoms with van der Waals surface area (Å²) in [5.74, 6) is 0.269. The summed E-state index contributed by atoms with van der Waals surface area (Å²) in [7, 11) is 1.52. The largest absolute Gasteiger partial charge is 0.443 e. The summed E-state index contributed by atoms with van der Waals surface area (Å²) in [6.07, 6.45) is 3.11. The number of hydrogen-bond acceptors (Lipinski definition) is 4. The van der Waals surface area contributed by atoms with Gasteiger partial charge in [0.15, 0.2) is 0 Å². The van der Waals surface area contributed by atoms with E-state index in [-0.39, 0.29) is 5.92 Å². The molecule has 96 valence electrons. The van der Waals surface area contributed by atoms with Crippen LogP contribution < -0.4 is 5.32 Å². The fourth-order valence-corrected chi connectivity index (χ4v) is 4.61. The maximum Gasteiger partial charge on any atom is 0.407 e. The Morgan fingerprint density at radius 2 is 1.76 bits per heavy atom. The van der Waals surface area contributed by atoms with E-state index in [1.54, 1.807) is 0 Å². The van der Waals surface area contributed by atoms with E-state index in [0.717, 1.165) is 19.3 Å². The highest BCUT2D eigenvalue weighted by atomic mass is 16.6. The molecule has 2 unspecified atom stereocenters. The van der Waals surface area contributed by atoms with Crippen LogP contribution in [-0.4, -0.2) is 40.2 Å². The van der Waals surface area contributed by atoms with E-state index in [1.165, 1.54) is 7.05 Å². The molecule has 3 N–H and O–H groups in total. The number of hydrogen-bond donors (Lipinski definition) is 3. The molecule has 5 heteroatoms. The Labute approximate surface area is 100 Å². The Balaban J connectivity index is 1.89. The quantitative estimate of drug-likeness (QED) is 0.626. The predicted molar refractivity (Wildman–Crippen MR) is 59.4 cm³/mol. The molecule has 4 aliphatic carbocycles. The molecule has 4 bridgehead atoms. The van der Waals surface area contributed by atoms with Crippen molar-refractivity contribution in [1.82, 2.24) is 5.32 Å². The van der Waals surface area contributed by atoms with Gasteiger partial charge in [0, 0.05) is 26.3 Å². The topological polar surface area (TPSA) is 78.8 Å². The molecular weight excluding hydrogens is 222 g/mol. The molecule has 5 nitrogen and oxygen atoms in total. The summed E-state index contributed by atoms with van der Waals surface area (Å²) in [4.78, 5) is 11.4. The standard InChI is InChI=1S/C12H19NO4/c1-13-9(14)17-12-4-8-2-10(15,6-12)5-11(16,3-8)7-12/h8,15-16H,2-7H2,1H3,(H,13,14). The van der Waals surface area contributed by atoms with E-state index >= 15 is 0 Å². The molecule has 1 amide bonds. The fraction of sp³-hybridized carbons (Fsp3) is 0.917. The zero-order chi connectivity index (χ0) is 12.3. The van der Waals surface area contributed by atoms with Crippen molar-refractivity contribution < 1.29 is 19.7 Å². The highest BCUT2D eigenvalue weighted by molar-refractivity contribution is 5.67. The molecule has 4 saturated carbocycles. The molecule has 0 aromatic rings. The number of rotatable bonds is 1. The van der Waals surface area contributed by atoms with Crippen molar-refractivity contribution >= 4 is 6.09 Å². The zero-order valence-corrected chi connectivity index (χ0v) is 10.0. The third-order valence-electron chi connectivity index (χ3n) is 4.47. The lowest BCUT2D eigenvalue weighted by Crippen LogP contribution is -2.67. The molecule has 0 saturated heterocycles. The van der Waals surface area contributed by atoms with Gasteiger partial charge in [-0.15, -0.1) is 0 Å². The zero-order valence-electron chi connectivity index (χ0n) is 10.0. The molecule has 4 rings (SSSR count). The van der Waals surface area contributed by atoms with Gasteiger partial charge in [0.1, 0.15) is 5.60 Å². The third kappa shape index (κ3) is 1.72. The first-order valence-corrected chi connectivity index (χ1v) is 6.22. The first-order chi connectivity index (χ1) is 7.86. The minimum Gasteiger partial charge on any atom is -0.443 e. The number of amides is 1. The SMILES string of the molecule is CNC(=O)OC12CC3CC(O)(CC(O)(C3)C1)C2. The Hall–Kier alpha value is -0.810. The van der Waals surface area contributed by atoms with Gasteiger partial charge < -0.3 is 20.3 Å². The number of carbonyl (C=O) groups excluding carboxylic acids is 1. The van der Waals surface area contributed by atoms with Crippen molar-refractivity contribution in [2.45, 2.75) is 55.3 Å². The summed E-state index contributed by atoms with van der Waals surface area (Å²) in [6.45, 7) is 0. The average Bonchev–Trinajstić information content (AvgIpc) is 2.10. The molecule has 0 aromatic heterocycles. The molecule has 4 aliphatic rings. The van der Waals surface area contributed by atoms with Crippen LogP contribution >= 0.6 is 0 Å². The lowest BCUT2D eigenvalue weighted by molar-refractivity contribution is -0.251. The Bertz CT molecular complexity index is 352. The van der Waals surface area contributed by atoms with Crippen molar-refractivity contribution in [3.8, 4) is 0 Å². The maximum absolute atomic E-state index is 11.4. The van der Waals surface area contributed by atoms with E-state index in [1.807, 2.05) is 0 Å². The van der Waals surface area contributed by atoms with Gasteiger partial charge in [-0.05, 0) is 25.2 Å². The van der Waals surface area contributed by atoms with Crippen LogP contribution in [0.5, 0.6) is 0 Å². The number of ether oxygens (including phenoxy) is 1. The summed E-state index contributed by atoms with van der Waals surface area (Å²) < 4.78 is 5.46. The van der Waals surface area contributed by atoms with Crippen molar-refractivity contribution in [3.63, 3.8) is 0 Å². The highest BCUT2D eigenvalue weighted by Gasteiger charge is 2.64. The highest BCUT2D eigenvalue weighted by Crippen LogP contribution is 2.60. The first-order valence-electron chi connectivity index (χ1n) is 6.22. The van der Waals surface area contributed by atoms with E-state index < -0.39 is 22.9 Å². The van der Waals surface area contributed by atoms with Crippen LogP contribution in [0.2, 0.25) is 0 Å². The second-order valence-electron chi connectivity index (χ2n) is 6.28. The first kappa shape index (κ1) is 11.3. The number of aliphatic hydroxyl groups is 2. The van der Waals surface area contributed by atoms with Crippen molar-refractivity contribution in [1.29, 1.82) is 0 Å². The molecule has 0 radical (unpaired) electrons. The Kier molecular flexibility index (Phi) is 2.09. The molecule has 2 atom stereocenters. The molecule has 0 spiro atoms. The van der Waals surface area contributed by atoms with Gasteiger partial charge in [0.05, 0.1) is 11.2 Å². The van der Waals surface area contributed by atoms with Crippen molar-refractivity contribution in [2.24, 2.45) is 5.92 Å². The van der Waals surface area contributed by atoms with Gasteiger partial charge in [0.2, 0.25) is 0 Å². The van der Waals surface area contributed by atoms with Crippen LogP contribution in [0, 0.1) is 5.92 Å². The van der Waals surface area contributed by atoms with Gasteiger partial charge in [-0.3, -0.25) is 0 Å². The van der Waals surface area contributed by atoms with Crippen LogP contribution in [0.3, 0.4) is 0 Å². The van der Waals surface area contributed by atoms with Gasteiger partial charge in [-0.2, -0.15) is 0 Å². The number of nitrogens with one attached hydrogen (secondary N) is 1. The van der Waals surface area contributed by atoms with Crippen LogP contribution in [0.25, 0.3) is 0 Å². The second-order valence-corrected chi connectivity index (χ2v) is 6.28. The molecule has 4 fully saturated rings. The summed E-state index contributed by atoms with van der Waals surface area (Å²) in [5.41, 5.74) is -2.35. The molecule has 17 heavy (non-hydrogen) atoms. The van der Waals surface area contributed by atoms with E-state index in [4.69, 9.17) is 4.74 Å². The van der Waals surface area contributed by atoms with E-state index in [9.17, 15) is 15.0 Å². The van der Waals surface area contributed by atoms with Crippen LogP contribution in [0.1, 0.15) is 38.5 Å². The van der Waals surface area contributed by atoms with Crippen LogP contribution in [0.15, 0.2) is 0 Å². The van der Waals surface area contributed by atoms with E-state index in [2.05, 4.69) is 5.32 Å². The normalized spacial score (nSPS) is 51.4. The van der Waals surface area contributed by atoms with Gasteiger partial charge in [-0.1, -0.05) is 0 Å². The number of alkyl carbamates (subject to hydrolysis) is 1. The third-order valence-corrected chi connectivity index (χ3v) is 4.47. The molecular formula is C12H19NO4. The average molecular weight is 241 g/mol. The van der Waals surface area contributed by atoms with Crippen LogP contribution in [0.4, 0.5) is 4.79 Å². The Morgan fingerprint density at radius 3 is 2.24 bits per heavy atom. The molecule has 0 heterocycles. The summed E-state index contributed by atoms with van der Waals surface area (Å²) >= 11 is 0. The second kappa shape index (κ2) is 3.14. The molecule has 0 aliphatic heterocycles. The van der Waals surface area contributed by atoms with Crippen molar-refractivity contribution in [3.05, 3.63) is 0 Å². The minimum absolute atomic E-state index is 0.269. The monoisotopic (exact) mass is 241 g/mol. The summed E-state index contributed by atoms with van der Waals surface area (Å²) in [5, 5.41) is 23.3. The lowest BCUT2D eigenvalue weighted by Gasteiger charge is -2.62. The van der Waals surface area contributed by atoms with E-state index in [0.29, 0.717) is 19.3 Å². The van der Waals surface area contributed by atoms with Crippen molar-refractivity contribution in [2.75, 3.05) is 7.05 Å².